The maximum absolute atomic E-state index is 12.8. The van der Waals surface area contributed by atoms with Crippen molar-refractivity contribution < 1.29 is 22.7 Å². The maximum atomic E-state index is 12.8. The van der Waals surface area contributed by atoms with Gasteiger partial charge in [-0.15, -0.1) is 0 Å². The van der Waals surface area contributed by atoms with Crippen molar-refractivity contribution in [3.8, 4) is 11.5 Å². The van der Waals surface area contributed by atoms with Crippen LogP contribution in [0.25, 0.3) is 0 Å². The minimum atomic E-state index is -3.57. The fraction of sp³-hybridized carbons (Fsp3) is 0.381. The number of amides is 1. The number of sulfonamides is 1. The van der Waals surface area contributed by atoms with Gasteiger partial charge in [0.1, 0.15) is 6.61 Å². The molecule has 156 valence electrons. The Balaban J connectivity index is 1.63. The van der Waals surface area contributed by atoms with Crippen LogP contribution in [-0.4, -0.2) is 52.0 Å². The largest absolute Gasteiger partial charge is 0.493 e. The molecule has 0 aromatic heterocycles. The van der Waals surface area contributed by atoms with Gasteiger partial charge in [-0.2, -0.15) is 4.31 Å². The van der Waals surface area contributed by atoms with E-state index >= 15 is 0 Å². The van der Waals surface area contributed by atoms with Gasteiger partial charge in [-0.25, -0.2) is 8.42 Å². The van der Waals surface area contributed by atoms with E-state index in [4.69, 9.17) is 9.47 Å². The monoisotopic (exact) mass is 418 g/mol. The molecule has 0 radical (unpaired) electrons. The third-order valence-electron chi connectivity index (χ3n) is 4.87. The Kier molecular flexibility index (Phi) is 6.76. The van der Waals surface area contributed by atoms with Crippen molar-refractivity contribution >= 4 is 15.9 Å². The second kappa shape index (κ2) is 9.28. The van der Waals surface area contributed by atoms with Crippen molar-refractivity contribution in [3.05, 3.63) is 53.6 Å². The van der Waals surface area contributed by atoms with Crippen molar-refractivity contribution in [3.63, 3.8) is 0 Å². The molecule has 0 bridgehead atoms. The molecule has 1 aliphatic rings. The van der Waals surface area contributed by atoms with Gasteiger partial charge in [0.15, 0.2) is 11.5 Å². The van der Waals surface area contributed by atoms with Crippen LogP contribution >= 0.6 is 0 Å². The van der Waals surface area contributed by atoms with Crippen LogP contribution in [0.1, 0.15) is 28.8 Å². The third kappa shape index (κ3) is 4.89. The van der Waals surface area contributed by atoms with Gasteiger partial charge in [-0.1, -0.05) is 18.2 Å². The average molecular weight is 419 g/mol. The summed E-state index contributed by atoms with van der Waals surface area (Å²) in [6.07, 6.45) is 1.73. The molecule has 0 aliphatic carbocycles. The van der Waals surface area contributed by atoms with Gasteiger partial charge in [0, 0.05) is 18.7 Å². The van der Waals surface area contributed by atoms with Crippen molar-refractivity contribution in [1.82, 2.24) is 9.62 Å². The minimum Gasteiger partial charge on any atom is -0.493 e. The van der Waals surface area contributed by atoms with E-state index in [9.17, 15) is 13.2 Å². The van der Waals surface area contributed by atoms with E-state index in [0.717, 1.165) is 12.8 Å². The fourth-order valence-electron chi connectivity index (χ4n) is 3.24. The number of hydrogen-bond donors (Lipinski definition) is 1. The lowest BCUT2D eigenvalue weighted by molar-refractivity contribution is 0.0946. The molecule has 2 aromatic carbocycles. The number of benzene rings is 2. The van der Waals surface area contributed by atoms with Crippen LogP contribution in [-0.2, 0) is 10.0 Å². The lowest BCUT2D eigenvalue weighted by Crippen LogP contribution is -2.30. The van der Waals surface area contributed by atoms with Crippen LogP contribution in [0, 0.1) is 6.92 Å². The SMILES string of the molecule is COc1ccccc1OCCNC(=O)c1cc(S(=O)(=O)N2CCCC2)ccc1C. The molecule has 1 heterocycles. The highest BCUT2D eigenvalue weighted by molar-refractivity contribution is 7.89. The standard InChI is InChI=1S/C21H26N2O5S/c1-16-9-10-17(29(25,26)23-12-5-6-13-23)15-18(16)21(24)22-11-14-28-20-8-4-3-7-19(20)27-2/h3-4,7-10,15H,5-6,11-14H2,1-2H3,(H,22,24). The number of methoxy groups -OCH3 is 1. The number of carbonyl (C=O) groups is 1. The summed E-state index contributed by atoms with van der Waals surface area (Å²) < 4.78 is 37.9. The molecule has 29 heavy (non-hydrogen) atoms. The zero-order chi connectivity index (χ0) is 20.9. The Morgan fingerprint density at radius 3 is 2.48 bits per heavy atom. The lowest BCUT2D eigenvalue weighted by atomic mass is 10.1. The number of rotatable bonds is 8. The number of nitrogens with one attached hydrogen (secondary N) is 1. The number of ether oxygens (including phenoxy) is 2. The summed E-state index contributed by atoms with van der Waals surface area (Å²) in [6.45, 7) is 3.37. The molecule has 0 saturated carbocycles. The summed E-state index contributed by atoms with van der Waals surface area (Å²) in [5.41, 5.74) is 1.07. The Hall–Kier alpha value is -2.58. The Morgan fingerprint density at radius 2 is 1.79 bits per heavy atom. The summed E-state index contributed by atoms with van der Waals surface area (Å²) in [7, 11) is -2.00. The highest BCUT2D eigenvalue weighted by atomic mass is 32.2. The summed E-state index contributed by atoms with van der Waals surface area (Å²) in [6, 6.07) is 12.0. The molecule has 3 rings (SSSR count). The predicted octanol–water partition coefficient (Wildman–Crippen LogP) is 2.60. The van der Waals surface area contributed by atoms with Crippen molar-refractivity contribution in [2.45, 2.75) is 24.7 Å². The number of carbonyl (C=O) groups excluding carboxylic acids is 1. The minimum absolute atomic E-state index is 0.153. The van der Waals surface area contributed by atoms with E-state index in [0.29, 0.717) is 35.7 Å². The fourth-order valence-corrected chi connectivity index (χ4v) is 4.79. The van der Waals surface area contributed by atoms with Crippen LogP contribution in [0.4, 0.5) is 0 Å². The first kappa shape index (κ1) is 21.1. The van der Waals surface area contributed by atoms with E-state index in [1.807, 2.05) is 12.1 Å². The molecule has 0 spiro atoms. The van der Waals surface area contributed by atoms with Crippen LogP contribution < -0.4 is 14.8 Å². The van der Waals surface area contributed by atoms with Gasteiger partial charge in [0.25, 0.3) is 5.91 Å². The second-order valence-corrected chi connectivity index (χ2v) is 8.78. The van der Waals surface area contributed by atoms with Crippen LogP contribution in [0.3, 0.4) is 0 Å². The van der Waals surface area contributed by atoms with Crippen molar-refractivity contribution in [2.75, 3.05) is 33.4 Å². The Morgan fingerprint density at radius 1 is 1.10 bits per heavy atom. The highest BCUT2D eigenvalue weighted by Crippen LogP contribution is 2.25. The number of hydrogen-bond acceptors (Lipinski definition) is 5. The molecule has 1 saturated heterocycles. The summed E-state index contributed by atoms with van der Waals surface area (Å²) in [5.74, 6) is 0.887. The van der Waals surface area contributed by atoms with Gasteiger partial charge in [0.2, 0.25) is 10.0 Å². The molecular formula is C21H26N2O5S. The molecule has 1 amide bonds. The molecule has 1 aliphatic heterocycles. The van der Waals surface area contributed by atoms with E-state index in [2.05, 4.69) is 5.32 Å². The van der Waals surface area contributed by atoms with Crippen LogP contribution in [0.5, 0.6) is 11.5 Å². The smallest absolute Gasteiger partial charge is 0.251 e. The van der Waals surface area contributed by atoms with Gasteiger partial charge in [-0.05, 0) is 49.6 Å². The van der Waals surface area contributed by atoms with E-state index in [1.54, 1.807) is 38.3 Å². The number of aryl methyl sites for hydroxylation is 1. The second-order valence-electron chi connectivity index (χ2n) is 6.84. The molecular weight excluding hydrogens is 392 g/mol. The lowest BCUT2D eigenvalue weighted by Gasteiger charge is -2.17. The maximum Gasteiger partial charge on any atom is 0.251 e. The first-order valence-corrected chi connectivity index (χ1v) is 11.0. The molecule has 8 heteroatoms. The normalized spacial score (nSPS) is 14.6. The number of nitrogens with zero attached hydrogens (tertiary/aromatic N) is 1. The van der Waals surface area contributed by atoms with E-state index < -0.39 is 10.0 Å². The average Bonchev–Trinajstić information content (AvgIpc) is 3.27. The van der Waals surface area contributed by atoms with Crippen LogP contribution in [0.2, 0.25) is 0 Å². The quantitative estimate of drug-likeness (QED) is 0.666. The zero-order valence-electron chi connectivity index (χ0n) is 16.7. The zero-order valence-corrected chi connectivity index (χ0v) is 17.5. The summed E-state index contributed by atoms with van der Waals surface area (Å²) >= 11 is 0. The first-order chi connectivity index (χ1) is 13.9. The molecule has 1 fully saturated rings. The molecule has 7 nitrogen and oxygen atoms in total. The topological polar surface area (TPSA) is 84.9 Å². The first-order valence-electron chi connectivity index (χ1n) is 9.58. The molecule has 2 aromatic rings. The third-order valence-corrected chi connectivity index (χ3v) is 6.77. The molecule has 0 unspecified atom stereocenters. The van der Waals surface area contributed by atoms with Gasteiger partial charge in [-0.3, -0.25) is 4.79 Å². The van der Waals surface area contributed by atoms with Gasteiger partial charge >= 0.3 is 0 Å². The predicted molar refractivity (Wildman–Crippen MR) is 110 cm³/mol. The Bertz CT molecular complexity index is 969. The summed E-state index contributed by atoms with van der Waals surface area (Å²) in [4.78, 5) is 12.8. The number of para-hydroxylation sites is 2. The van der Waals surface area contributed by atoms with Crippen molar-refractivity contribution in [1.29, 1.82) is 0 Å². The van der Waals surface area contributed by atoms with E-state index in [-0.39, 0.29) is 24.0 Å². The van der Waals surface area contributed by atoms with Gasteiger partial charge in [0.05, 0.1) is 18.6 Å². The van der Waals surface area contributed by atoms with Gasteiger partial charge < -0.3 is 14.8 Å². The van der Waals surface area contributed by atoms with Crippen LogP contribution in [0.15, 0.2) is 47.4 Å². The molecule has 0 atom stereocenters. The van der Waals surface area contributed by atoms with Crippen molar-refractivity contribution in [2.24, 2.45) is 0 Å². The molecule has 1 N–H and O–H groups in total. The summed E-state index contributed by atoms with van der Waals surface area (Å²) in [5, 5.41) is 2.78. The van der Waals surface area contributed by atoms with E-state index in [1.165, 1.54) is 10.4 Å². The Labute approximate surface area is 171 Å². The highest BCUT2D eigenvalue weighted by Gasteiger charge is 2.28.